The van der Waals surface area contributed by atoms with E-state index in [1.807, 2.05) is 0 Å². The fraction of sp³-hybridized carbons (Fsp3) is 0.0909. The Morgan fingerprint density at radius 2 is 2.32 bits per heavy atom. The van der Waals surface area contributed by atoms with E-state index in [9.17, 15) is 14.9 Å². The fourth-order valence-corrected chi connectivity index (χ4v) is 1.65. The van der Waals surface area contributed by atoms with Crippen molar-refractivity contribution in [3.8, 4) is 11.8 Å². The number of nitrogens with zero attached hydrogens (tertiary/aromatic N) is 2. The standard InChI is InChI=1S/C11H7BrN2O5/c1-2-3-18-11(15)19-10-8(12)4-7(6-13)5-9(10)14(16)17/h2,4-5H,1,3H2. The van der Waals surface area contributed by atoms with Gasteiger partial charge in [-0.3, -0.25) is 10.1 Å². The number of rotatable bonds is 4. The molecule has 0 spiro atoms. The van der Waals surface area contributed by atoms with Crippen LogP contribution in [0.25, 0.3) is 0 Å². The predicted octanol–water partition coefficient (Wildman–Crippen LogP) is 2.93. The second-order valence-corrected chi connectivity index (χ2v) is 3.98. The number of carbonyl (C=O) groups is 1. The molecule has 0 atom stereocenters. The second-order valence-electron chi connectivity index (χ2n) is 3.13. The van der Waals surface area contributed by atoms with Crippen molar-refractivity contribution in [2.75, 3.05) is 6.61 Å². The maximum atomic E-state index is 11.3. The number of hydrogen-bond donors (Lipinski definition) is 0. The number of nitro benzene ring substituents is 1. The minimum Gasteiger partial charge on any atom is -0.430 e. The van der Waals surface area contributed by atoms with E-state index in [4.69, 9.17) is 10.00 Å². The third-order valence-corrected chi connectivity index (χ3v) is 2.44. The number of halogens is 1. The minimum absolute atomic E-state index is 0.0605. The lowest BCUT2D eigenvalue weighted by Gasteiger charge is -2.07. The molecule has 0 bridgehead atoms. The largest absolute Gasteiger partial charge is 0.514 e. The van der Waals surface area contributed by atoms with Crippen molar-refractivity contribution in [1.82, 2.24) is 0 Å². The molecule has 1 aromatic rings. The molecule has 8 heteroatoms. The van der Waals surface area contributed by atoms with Gasteiger partial charge in [0.25, 0.3) is 0 Å². The van der Waals surface area contributed by atoms with Gasteiger partial charge in [-0.2, -0.15) is 5.26 Å². The smallest absolute Gasteiger partial charge is 0.430 e. The lowest BCUT2D eigenvalue weighted by Crippen LogP contribution is -2.12. The number of benzene rings is 1. The van der Waals surface area contributed by atoms with Crippen molar-refractivity contribution in [2.24, 2.45) is 0 Å². The topological polar surface area (TPSA) is 102 Å². The van der Waals surface area contributed by atoms with Crippen molar-refractivity contribution >= 4 is 27.8 Å². The molecule has 0 aliphatic rings. The van der Waals surface area contributed by atoms with Crippen LogP contribution in [0.3, 0.4) is 0 Å². The summed E-state index contributed by atoms with van der Waals surface area (Å²) in [6, 6.07) is 4.05. The van der Waals surface area contributed by atoms with Gasteiger partial charge in [0.05, 0.1) is 21.0 Å². The van der Waals surface area contributed by atoms with Gasteiger partial charge in [0.1, 0.15) is 6.61 Å². The minimum atomic E-state index is -1.10. The molecule has 1 rings (SSSR count). The summed E-state index contributed by atoms with van der Waals surface area (Å²) < 4.78 is 9.39. The molecule has 0 unspecified atom stereocenters. The van der Waals surface area contributed by atoms with Crippen molar-refractivity contribution in [3.63, 3.8) is 0 Å². The first-order chi connectivity index (χ1) is 8.99. The molecule has 0 aliphatic carbocycles. The number of nitriles is 1. The van der Waals surface area contributed by atoms with Gasteiger partial charge in [-0.25, -0.2) is 4.79 Å². The van der Waals surface area contributed by atoms with Crippen LogP contribution in [0.2, 0.25) is 0 Å². The van der Waals surface area contributed by atoms with Gasteiger partial charge < -0.3 is 9.47 Å². The Balaban J connectivity index is 3.12. The highest BCUT2D eigenvalue weighted by atomic mass is 79.9. The van der Waals surface area contributed by atoms with Crippen LogP contribution < -0.4 is 4.74 Å². The lowest BCUT2D eigenvalue weighted by molar-refractivity contribution is -0.385. The third kappa shape index (κ3) is 3.79. The van der Waals surface area contributed by atoms with E-state index in [1.165, 1.54) is 12.1 Å². The lowest BCUT2D eigenvalue weighted by atomic mass is 10.2. The number of carbonyl (C=O) groups excluding carboxylic acids is 1. The Labute approximate surface area is 116 Å². The van der Waals surface area contributed by atoms with Crippen molar-refractivity contribution in [3.05, 3.63) is 44.9 Å². The SMILES string of the molecule is C=CCOC(=O)Oc1c(Br)cc(C#N)cc1[N+](=O)[O-]. The summed E-state index contributed by atoms with van der Waals surface area (Å²) >= 11 is 3.00. The Hall–Kier alpha value is -2.40. The second kappa shape index (κ2) is 6.51. The summed E-state index contributed by atoms with van der Waals surface area (Å²) in [6.07, 6.45) is 0.220. The van der Waals surface area contributed by atoms with Crippen LogP contribution >= 0.6 is 15.9 Å². The molecule has 0 saturated heterocycles. The van der Waals surface area contributed by atoms with E-state index >= 15 is 0 Å². The summed E-state index contributed by atoms with van der Waals surface area (Å²) in [4.78, 5) is 21.4. The zero-order valence-electron chi connectivity index (χ0n) is 9.46. The zero-order valence-corrected chi connectivity index (χ0v) is 11.0. The molecule has 19 heavy (non-hydrogen) atoms. The van der Waals surface area contributed by atoms with Crippen LogP contribution in [0.4, 0.5) is 10.5 Å². The molecule has 0 aromatic heterocycles. The number of ether oxygens (including phenoxy) is 2. The molecule has 7 nitrogen and oxygen atoms in total. The average molecular weight is 327 g/mol. The van der Waals surface area contributed by atoms with Crippen LogP contribution in [0.1, 0.15) is 5.56 Å². The molecular formula is C11H7BrN2O5. The van der Waals surface area contributed by atoms with E-state index in [2.05, 4.69) is 27.2 Å². The van der Waals surface area contributed by atoms with Crippen LogP contribution in [-0.2, 0) is 4.74 Å². The quantitative estimate of drug-likeness (QED) is 0.277. The Morgan fingerprint density at radius 1 is 1.63 bits per heavy atom. The number of nitro groups is 1. The summed E-state index contributed by atoms with van der Waals surface area (Å²) in [7, 11) is 0. The Bertz CT molecular complexity index is 579. The van der Waals surface area contributed by atoms with Crippen molar-refractivity contribution < 1.29 is 19.2 Å². The maximum absolute atomic E-state index is 11.3. The molecule has 0 heterocycles. The molecule has 1 aromatic carbocycles. The summed E-state index contributed by atoms with van der Waals surface area (Å²) in [5.41, 5.74) is -0.452. The van der Waals surface area contributed by atoms with Gasteiger partial charge >= 0.3 is 11.8 Å². The first kappa shape index (κ1) is 14.7. The van der Waals surface area contributed by atoms with Gasteiger partial charge in [0, 0.05) is 6.07 Å². The number of hydrogen-bond acceptors (Lipinski definition) is 6. The molecule has 0 saturated carbocycles. The van der Waals surface area contributed by atoms with E-state index in [-0.39, 0.29) is 22.4 Å². The van der Waals surface area contributed by atoms with Gasteiger partial charge in [0.15, 0.2) is 0 Å². The predicted molar refractivity (Wildman–Crippen MR) is 67.7 cm³/mol. The molecule has 0 aliphatic heterocycles. The van der Waals surface area contributed by atoms with Crippen LogP contribution in [0.5, 0.6) is 5.75 Å². The molecular weight excluding hydrogens is 320 g/mol. The van der Waals surface area contributed by atoms with Crippen LogP contribution in [-0.4, -0.2) is 17.7 Å². The van der Waals surface area contributed by atoms with E-state index < -0.39 is 16.8 Å². The van der Waals surface area contributed by atoms with Crippen LogP contribution in [0, 0.1) is 21.4 Å². The Kier molecular flexibility index (Phi) is 5.02. The first-order valence-corrected chi connectivity index (χ1v) is 5.62. The molecule has 0 fully saturated rings. The van der Waals surface area contributed by atoms with Gasteiger partial charge in [-0.15, -0.1) is 0 Å². The Morgan fingerprint density at radius 3 is 2.84 bits per heavy atom. The molecule has 0 radical (unpaired) electrons. The summed E-state index contributed by atoms with van der Waals surface area (Å²) in [5, 5.41) is 19.6. The van der Waals surface area contributed by atoms with Crippen molar-refractivity contribution in [1.29, 1.82) is 5.26 Å². The fourth-order valence-electron chi connectivity index (χ4n) is 1.12. The van der Waals surface area contributed by atoms with E-state index in [1.54, 1.807) is 6.07 Å². The molecule has 98 valence electrons. The van der Waals surface area contributed by atoms with Crippen molar-refractivity contribution in [2.45, 2.75) is 0 Å². The van der Waals surface area contributed by atoms with E-state index in [0.29, 0.717) is 0 Å². The highest BCUT2D eigenvalue weighted by Crippen LogP contribution is 2.36. The average Bonchev–Trinajstić information content (AvgIpc) is 2.37. The summed E-state index contributed by atoms with van der Waals surface area (Å²) in [5.74, 6) is -0.321. The van der Waals surface area contributed by atoms with Gasteiger partial charge in [0.2, 0.25) is 5.75 Å². The van der Waals surface area contributed by atoms with Gasteiger partial charge in [-0.05, 0) is 22.0 Å². The highest BCUT2D eigenvalue weighted by molar-refractivity contribution is 9.10. The van der Waals surface area contributed by atoms with Gasteiger partial charge in [-0.1, -0.05) is 12.7 Å². The first-order valence-electron chi connectivity index (χ1n) is 4.83. The summed E-state index contributed by atoms with van der Waals surface area (Å²) in [6.45, 7) is 3.26. The monoisotopic (exact) mass is 326 g/mol. The van der Waals surface area contributed by atoms with Crippen LogP contribution in [0.15, 0.2) is 29.3 Å². The zero-order chi connectivity index (χ0) is 14.4. The molecule has 0 amide bonds. The van der Waals surface area contributed by atoms with E-state index in [0.717, 1.165) is 6.07 Å². The molecule has 0 N–H and O–H groups in total. The maximum Gasteiger partial charge on any atom is 0.514 e. The highest BCUT2D eigenvalue weighted by Gasteiger charge is 2.23. The third-order valence-electron chi connectivity index (χ3n) is 1.85. The normalized spacial score (nSPS) is 9.26.